The number of amides is 2. The van der Waals surface area contributed by atoms with Crippen LogP contribution in [0, 0.1) is 6.92 Å². The van der Waals surface area contributed by atoms with Crippen molar-refractivity contribution in [2.24, 2.45) is 0 Å². The Balaban J connectivity index is 1.51. The summed E-state index contributed by atoms with van der Waals surface area (Å²) >= 11 is 1.34. The number of alkyl halides is 2. The first-order chi connectivity index (χ1) is 16.9. The molecule has 4 aromatic rings. The van der Waals surface area contributed by atoms with Crippen LogP contribution in [-0.2, 0) is 4.74 Å². The zero-order valence-corrected chi connectivity index (χ0v) is 19.6. The van der Waals surface area contributed by atoms with Crippen molar-refractivity contribution in [3.8, 4) is 10.4 Å². The second-order valence-electron chi connectivity index (χ2n) is 8.14. The molecule has 2 amide bonds. The second kappa shape index (κ2) is 9.55. The summed E-state index contributed by atoms with van der Waals surface area (Å²) in [5.74, 6) is -1.06. The van der Waals surface area contributed by atoms with E-state index in [1.54, 1.807) is 4.90 Å². The molecule has 1 saturated heterocycles. The van der Waals surface area contributed by atoms with Gasteiger partial charge in [0, 0.05) is 23.5 Å². The number of nitrogens with one attached hydrogen (secondary N) is 2. The standard InChI is InChI=1S/C25H22F2N4O3S/c1-14-19(25(33)31-9-11-34-12-10-31)24(35-20(14)15-5-3-2-4-6-15)30-23(32)16-7-8-17-18(13-16)29-22(28-17)21(26)27/h2-8,13,21H,9-12H2,1H3,(H,28,29)(H,30,32). The number of nitrogens with zero attached hydrogens (tertiary/aromatic N) is 2. The lowest BCUT2D eigenvalue weighted by atomic mass is 10.1. The van der Waals surface area contributed by atoms with Gasteiger partial charge in [0.2, 0.25) is 0 Å². The Morgan fingerprint density at radius 2 is 1.89 bits per heavy atom. The van der Waals surface area contributed by atoms with E-state index in [1.165, 1.54) is 29.5 Å². The van der Waals surface area contributed by atoms with Crippen molar-refractivity contribution in [2.75, 3.05) is 31.6 Å². The number of aromatic amines is 1. The number of aromatic nitrogens is 2. The fraction of sp³-hybridized carbons (Fsp3) is 0.240. The summed E-state index contributed by atoms with van der Waals surface area (Å²) in [6, 6.07) is 14.2. The number of halogens is 2. The van der Waals surface area contributed by atoms with Crippen LogP contribution < -0.4 is 5.32 Å². The average molecular weight is 497 g/mol. The number of imidazole rings is 1. The van der Waals surface area contributed by atoms with Crippen LogP contribution in [0.1, 0.15) is 38.5 Å². The lowest BCUT2D eigenvalue weighted by Gasteiger charge is -2.27. The molecule has 2 aromatic carbocycles. The van der Waals surface area contributed by atoms with Gasteiger partial charge >= 0.3 is 0 Å². The third-order valence-corrected chi connectivity index (χ3v) is 7.15. The van der Waals surface area contributed by atoms with E-state index in [-0.39, 0.29) is 11.5 Å². The third-order valence-electron chi connectivity index (χ3n) is 5.89. The Bertz CT molecular complexity index is 1390. The molecule has 5 rings (SSSR count). The van der Waals surface area contributed by atoms with Crippen molar-refractivity contribution in [1.82, 2.24) is 14.9 Å². The van der Waals surface area contributed by atoms with Gasteiger partial charge < -0.3 is 19.9 Å². The van der Waals surface area contributed by atoms with Crippen LogP contribution in [0.15, 0.2) is 48.5 Å². The molecule has 0 bridgehead atoms. The van der Waals surface area contributed by atoms with Crippen LogP contribution in [0.5, 0.6) is 0 Å². The predicted molar refractivity (Wildman–Crippen MR) is 130 cm³/mol. The highest BCUT2D eigenvalue weighted by atomic mass is 32.1. The fourth-order valence-electron chi connectivity index (χ4n) is 4.10. The van der Waals surface area contributed by atoms with Gasteiger partial charge in [0.15, 0.2) is 5.82 Å². The zero-order valence-electron chi connectivity index (χ0n) is 18.8. The van der Waals surface area contributed by atoms with Gasteiger partial charge in [-0.15, -0.1) is 11.3 Å². The number of rotatable bonds is 5. The molecular formula is C25H22F2N4O3S. The third kappa shape index (κ3) is 4.54. The van der Waals surface area contributed by atoms with E-state index in [1.807, 2.05) is 37.3 Å². The molecule has 1 fully saturated rings. The molecule has 0 aliphatic carbocycles. The number of hydrogen-bond acceptors (Lipinski definition) is 5. The molecule has 0 radical (unpaired) electrons. The monoisotopic (exact) mass is 496 g/mol. The molecule has 0 unspecified atom stereocenters. The Morgan fingerprint density at radius 3 is 2.60 bits per heavy atom. The summed E-state index contributed by atoms with van der Waals surface area (Å²) in [4.78, 5) is 35.7. The number of carbonyl (C=O) groups is 2. The van der Waals surface area contributed by atoms with E-state index in [4.69, 9.17) is 4.74 Å². The van der Waals surface area contributed by atoms with E-state index in [0.717, 1.165) is 16.0 Å². The molecule has 2 aromatic heterocycles. The summed E-state index contributed by atoms with van der Waals surface area (Å²) in [5, 5.41) is 3.34. The summed E-state index contributed by atoms with van der Waals surface area (Å²) in [6.07, 6.45) is -2.74. The quantitative estimate of drug-likeness (QED) is 0.395. The van der Waals surface area contributed by atoms with Crippen LogP contribution in [0.3, 0.4) is 0 Å². The lowest BCUT2D eigenvalue weighted by molar-refractivity contribution is 0.0303. The van der Waals surface area contributed by atoms with Crippen LogP contribution in [0.2, 0.25) is 0 Å². The highest BCUT2D eigenvalue weighted by molar-refractivity contribution is 7.20. The molecular weight excluding hydrogens is 474 g/mol. The number of fused-ring (bicyclic) bond motifs is 1. The van der Waals surface area contributed by atoms with Crippen molar-refractivity contribution >= 4 is 39.2 Å². The molecule has 0 spiro atoms. The summed E-state index contributed by atoms with van der Waals surface area (Å²) in [7, 11) is 0. The first-order valence-corrected chi connectivity index (χ1v) is 11.9. The molecule has 0 saturated carbocycles. The van der Waals surface area contributed by atoms with Gasteiger partial charge in [-0.05, 0) is 36.2 Å². The molecule has 3 heterocycles. The van der Waals surface area contributed by atoms with Crippen molar-refractivity contribution in [1.29, 1.82) is 0 Å². The molecule has 35 heavy (non-hydrogen) atoms. The number of morpholine rings is 1. The summed E-state index contributed by atoms with van der Waals surface area (Å²) < 4.78 is 31.4. The topological polar surface area (TPSA) is 87.3 Å². The van der Waals surface area contributed by atoms with E-state index in [9.17, 15) is 18.4 Å². The molecule has 2 N–H and O–H groups in total. The van der Waals surface area contributed by atoms with E-state index >= 15 is 0 Å². The van der Waals surface area contributed by atoms with Gasteiger partial charge in [0.1, 0.15) is 5.00 Å². The van der Waals surface area contributed by atoms with Gasteiger partial charge in [0.05, 0.1) is 29.8 Å². The average Bonchev–Trinajstić information content (AvgIpc) is 3.45. The Kier molecular flexibility index (Phi) is 6.31. The smallest absolute Gasteiger partial charge is 0.295 e. The van der Waals surface area contributed by atoms with Gasteiger partial charge in [-0.25, -0.2) is 13.8 Å². The van der Waals surface area contributed by atoms with Crippen LogP contribution >= 0.6 is 11.3 Å². The van der Waals surface area contributed by atoms with Gasteiger partial charge in [-0.2, -0.15) is 0 Å². The number of ether oxygens (including phenoxy) is 1. The molecule has 1 aliphatic heterocycles. The maximum atomic E-state index is 13.5. The number of hydrogen-bond donors (Lipinski definition) is 2. The number of anilines is 1. The molecule has 0 atom stereocenters. The normalized spacial score (nSPS) is 14.0. The molecule has 10 heteroatoms. The molecule has 1 aliphatic rings. The Labute approximate surface area is 203 Å². The van der Waals surface area contributed by atoms with Gasteiger partial charge in [0.25, 0.3) is 18.2 Å². The summed E-state index contributed by atoms with van der Waals surface area (Å²) in [5.41, 5.74) is 3.14. The van der Waals surface area contributed by atoms with Crippen molar-refractivity contribution in [2.45, 2.75) is 13.3 Å². The number of thiophene rings is 1. The number of H-pyrrole nitrogens is 1. The first-order valence-electron chi connectivity index (χ1n) is 11.1. The minimum Gasteiger partial charge on any atom is -0.378 e. The molecule has 7 nitrogen and oxygen atoms in total. The van der Waals surface area contributed by atoms with E-state index < -0.39 is 18.2 Å². The zero-order chi connectivity index (χ0) is 24.5. The Hall–Kier alpha value is -3.63. The fourth-order valence-corrected chi connectivity index (χ4v) is 5.30. The Morgan fingerprint density at radius 1 is 1.14 bits per heavy atom. The number of benzene rings is 2. The number of carbonyl (C=O) groups excluding carboxylic acids is 2. The van der Waals surface area contributed by atoms with Crippen LogP contribution in [-0.4, -0.2) is 53.0 Å². The van der Waals surface area contributed by atoms with Crippen LogP contribution in [0.25, 0.3) is 21.5 Å². The maximum absolute atomic E-state index is 13.5. The SMILES string of the molecule is Cc1c(-c2ccccc2)sc(NC(=O)c2ccc3nc(C(F)F)[nH]c3c2)c1C(=O)N1CCOCC1. The van der Waals surface area contributed by atoms with Crippen molar-refractivity contribution in [3.05, 3.63) is 71.0 Å². The van der Waals surface area contributed by atoms with E-state index in [2.05, 4.69) is 15.3 Å². The van der Waals surface area contributed by atoms with Gasteiger partial charge in [-0.1, -0.05) is 30.3 Å². The maximum Gasteiger partial charge on any atom is 0.295 e. The van der Waals surface area contributed by atoms with Crippen molar-refractivity contribution < 1.29 is 23.1 Å². The highest BCUT2D eigenvalue weighted by Gasteiger charge is 2.28. The van der Waals surface area contributed by atoms with Gasteiger partial charge in [-0.3, -0.25) is 9.59 Å². The largest absolute Gasteiger partial charge is 0.378 e. The van der Waals surface area contributed by atoms with Crippen molar-refractivity contribution in [3.63, 3.8) is 0 Å². The highest BCUT2D eigenvalue weighted by Crippen LogP contribution is 2.41. The molecule has 180 valence electrons. The lowest BCUT2D eigenvalue weighted by Crippen LogP contribution is -2.41. The first kappa shape index (κ1) is 23.1. The minimum atomic E-state index is -2.74. The predicted octanol–water partition coefficient (Wildman–Crippen LogP) is 5.26. The summed E-state index contributed by atoms with van der Waals surface area (Å²) in [6.45, 7) is 3.76. The second-order valence-corrected chi connectivity index (χ2v) is 9.16. The van der Waals surface area contributed by atoms with Crippen LogP contribution in [0.4, 0.5) is 13.8 Å². The minimum absolute atomic E-state index is 0.162. The van der Waals surface area contributed by atoms with E-state index in [0.29, 0.717) is 47.9 Å².